The van der Waals surface area contributed by atoms with Gasteiger partial charge >= 0.3 is 0 Å². The van der Waals surface area contributed by atoms with Crippen LogP contribution in [-0.4, -0.2) is 31.5 Å². The first-order valence-corrected chi connectivity index (χ1v) is 7.73. The highest BCUT2D eigenvalue weighted by Gasteiger charge is 1.93. The summed E-state index contributed by atoms with van der Waals surface area (Å²) in [6.07, 6.45) is 7.53. The molecule has 1 amide bonds. The fraction of sp³-hybridized carbons (Fsp3) is 0.889. The van der Waals surface area contributed by atoms with Gasteiger partial charge in [0.1, 0.15) is 0 Å². The van der Waals surface area contributed by atoms with Crippen LogP contribution in [0.1, 0.15) is 26.2 Å². The van der Waals surface area contributed by atoms with Crippen molar-refractivity contribution in [2.24, 2.45) is 5.73 Å². The highest BCUT2D eigenvalue weighted by Crippen LogP contribution is 2.09. The summed E-state index contributed by atoms with van der Waals surface area (Å²) in [5, 5.41) is 2.70. The third-order valence-corrected chi connectivity index (χ3v) is 2.79. The number of carbonyl (C=O) groups is 1. The van der Waals surface area contributed by atoms with Crippen molar-refractivity contribution in [3.05, 3.63) is 0 Å². The van der Waals surface area contributed by atoms with Gasteiger partial charge in [0.05, 0.1) is 6.54 Å². The van der Waals surface area contributed by atoms with Crippen molar-refractivity contribution >= 4 is 27.5 Å². The molecular weight excluding hydrogens is 216 g/mol. The van der Waals surface area contributed by atoms with E-state index in [4.69, 9.17) is 5.73 Å². The van der Waals surface area contributed by atoms with Gasteiger partial charge in [-0.3, -0.25) is 4.79 Å². The molecule has 0 bridgehead atoms. The zero-order chi connectivity index (χ0) is 11.2. The summed E-state index contributed by atoms with van der Waals surface area (Å²) >= 11 is 0. The molecule has 0 saturated heterocycles. The number of hydrogen-bond donors (Lipinski definition) is 2. The van der Waals surface area contributed by atoms with Crippen molar-refractivity contribution < 1.29 is 4.79 Å². The predicted octanol–water partition coefficient (Wildman–Crippen LogP) is 1.88. The highest BCUT2D eigenvalue weighted by molar-refractivity contribution is 8.76. The number of carbonyl (C=O) groups excluding carboxylic acids is 1. The van der Waals surface area contributed by atoms with E-state index in [1.165, 1.54) is 12.8 Å². The van der Waals surface area contributed by atoms with Gasteiger partial charge in [-0.2, -0.15) is 0 Å². The number of hydrogen-bond acceptors (Lipinski definition) is 4. The lowest BCUT2D eigenvalue weighted by molar-refractivity contribution is -0.119. The Hall–Kier alpha value is 0.130. The molecule has 0 aromatic heterocycles. The number of nitrogens with two attached hydrogens (primary N) is 1. The van der Waals surface area contributed by atoms with Crippen LogP contribution < -0.4 is 11.1 Å². The molecule has 3 nitrogen and oxygen atoms in total. The Balaban J connectivity index is 0. The largest absolute Gasteiger partial charge is 0.355 e. The average Bonchev–Trinajstić information content (AvgIpc) is 2.24. The topological polar surface area (TPSA) is 55.1 Å². The number of rotatable bonds is 6. The Kier molecular flexibility index (Phi) is 18.4. The highest BCUT2D eigenvalue weighted by atomic mass is 33.1. The van der Waals surface area contributed by atoms with E-state index in [0.29, 0.717) is 0 Å². The molecule has 86 valence electrons. The van der Waals surface area contributed by atoms with Gasteiger partial charge in [0.2, 0.25) is 5.91 Å². The van der Waals surface area contributed by atoms with Gasteiger partial charge in [-0.25, -0.2) is 0 Å². The van der Waals surface area contributed by atoms with Gasteiger partial charge in [-0.15, -0.1) is 0 Å². The van der Waals surface area contributed by atoms with E-state index >= 15 is 0 Å². The molecule has 0 aromatic carbocycles. The minimum absolute atomic E-state index is 0.0592. The van der Waals surface area contributed by atoms with E-state index in [0.717, 1.165) is 13.0 Å². The lowest BCUT2D eigenvalue weighted by Gasteiger charge is -2.00. The van der Waals surface area contributed by atoms with Crippen LogP contribution >= 0.6 is 21.6 Å². The van der Waals surface area contributed by atoms with Crippen LogP contribution in [0.25, 0.3) is 0 Å². The van der Waals surface area contributed by atoms with Crippen LogP contribution in [0.2, 0.25) is 0 Å². The second-order valence-electron chi connectivity index (χ2n) is 2.59. The van der Waals surface area contributed by atoms with Gasteiger partial charge < -0.3 is 11.1 Å². The summed E-state index contributed by atoms with van der Waals surface area (Å²) in [6.45, 7) is 3.00. The molecular formula is C9H22N2OS2. The Morgan fingerprint density at radius 1 is 1.29 bits per heavy atom. The molecule has 0 rings (SSSR count). The van der Waals surface area contributed by atoms with E-state index in [2.05, 4.69) is 24.8 Å². The van der Waals surface area contributed by atoms with Crippen molar-refractivity contribution in [1.82, 2.24) is 5.32 Å². The van der Waals surface area contributed by atoms with E-state index in [1.54, 1.807) is 21.6 Å². The molecule has 0 spiro atoms. The molecule has 14 heavy (non-hydrogen) atoms. The Morgan fingerprint density at radius 3 is 2.21 bits per heavy atom. The van der Waals surface area contributed by atoms with Crippen molar-refractivity contribution in [3.63, 3.8) is 0 Å². The fourth-order valence-corrected chi connectivity index (χ4v) is 0.675. The normalized spacial score (nSPS) is 8.86. The van der Waals surface area contributed by atoms with Crippen molar-refractivity contribution in [2.75, 3.05) is 25.6 Å². The quantitative estimate of drug-likeness (QED) is 0.548. The molecule has 0 aliphatic heterocycles. The first kappa shape index (κ1) is 16.6. The predicted molar refractivity (Wildman–Crippen MR) is 68.6 cm³/mol. The molecule has 0 aliphatic carbocycles. The van der Waals surface area contributed by atoms with Crippen molar-refractivity contribution in [3.8, 4) is 0 Å². The van der Waals surface area contributed by atoms with Crippen LogP contribution in [-0.2, 0) is 4.79 Å². The summed E-state index contributed by atoms with van der Waals surface area (Å²) in [7, 11) is 3.55. The molecule has 0 atom stereocenters. The van der Waals surface area contributed by atoms with Crippen LogP contribution in [0, 0.1) is 0 Å². The Labute approximate surface area is 95.4 Å². The summed E-state index contributed by atoms with van der Waals surface area (Å²) in [6, 6.07) is 0. The van der Waals surface area contributed by atoms with Crippen molar-refractivity contribution in [2.45, 2.75) is 26.2 Å². The molecule has 0 aliphatic rings. The Morgan fingerprint density at radius 2 is 1.86 bits per heavy atom. The molecule has 0 radical (unpaired) electrons. The third kappa shape index (κ3) is 18.0. The minimum Gasteiger partial charge on any atom is -0.355 e. The van der Waals surface area contributed by atoms with Crippen LogP contribution in [0.15, 0.2) is 0 Å². The summed E-state index contributed by atoms with van der Waals surface area (Å²) in [5.41, 5.74) is 5.07. The lowest BCUT2D eigenvalue weighted by atomic mass is 10.2. The first-order chi connectivity index (χ1) is 6.72. The molecule has 0 saturated carbocycles. The van der Waals surface area contributed by atoms with E-state index in [1.807, 2.05) is 0 Å². The number of amides is 1. The van der Waals surface area contributed by atoms with E-state index < -0.39 is 0 Å². The zero-order valence-corrected chi connectivity index (χ0v) is 11.0. The summed E-state index contributed by atoms with van der Waals surface area (Å²) in [4.78, 5) is 10.5. The zero-order valence-electron chi connectivity index (χ0n) is 9.34. The van der Waals surface area contributed by atoms with Crippen LogP contribution in [0.5, 0.6) is 0 Å². The van der Waals surface area contributed by atoms with Gasteiger partial charge in [-0.1, -0.05) is 41.4 Å². The molecule has 3 N–H and O–H groups in total. The third-order valence-electron chi connectivity index (χ3n) is 1.45. The SMILES string of the molecule is CCCCCNC(=O)CN.CSSC. The molecule has 0 unspecified atom stereocenters. The maximum atomic E-state index is 10.5. The molecule has 5 heteroatoms. The standard InChI is InChI=1S/C7H16N2O.C2H6S2/c1-2-3-4-5-9-7(10)6-8;1-3-4-2/h2-6,8H2,1H3,(H,9,10);1-2H3. The molecule has 0 aromatic rings. The first-order valence-electron chi connectivity index (χ1n) is 4.76. The maximum Gasteiger partial charge on any atom is 0.233 e. The number of nitrogens with one attached hydrogen (secondary N) is 1. The van der Waals surface area contributed by atoms with Gasteiger partial charge in [0, 0.05) is 6.54 Å². The Bertz CT molecular complexity index is 121. The summed E-state index contributed by atoms with van der Waals surface area (Å²) in [5.74, 6) is -0.0592. The van der Waals surface area contributed by atoms with Gasteiger partial charge in [-0.05, 0) is 18.9 Å². The van der Waals surface area contributed by atoms with E-state index in [9.17, 15) is 4.79 Å². The van der Waals surface area contributed by atoms with Crippen LogP contribution in [0.3, 0.4) is 0 Å². The van der Waals surface area contributed by atoms with Gasteiger partial charge in [0.25, 0.3) is 0 Å². The average molecular weight is 238 g/mol. The van der Waals surface area contributed by atoms with Crippen molar-refractivity contribution in [1.29, 1.82) is 0 Å². The summed E-state index contributed by atoms with van der Waals surface area (Å²) < 4.78 is 0. The van der Waals surface area contributed by atoms with Crippen LogP contribution in [0.4, 0.5) is 0 Å². The molecule has 0 heterocycles. The maximum absolute atomic E-state index is 10.5. The molecule has 0 fully saturated rings. The number of unbranched alkanes of at least 4 members (excludes halogenated alkanes) is 2. The van der Waals surface area contributed by atoms with E-state index in [-0.39, 0.29) is 12.5 Å². The second-order valence-corrected chi connectivity index (χ2v) is 5.26. The second kappa shape index (κ2) is 15.6. The lowest BCUT2D eigenvalue weighted by Crippen LogP contribution is -2.30. The minimum atomic E-state index is -0.0592. The smallest absolute Gasteiger partial charge is 0.233 e. The monoisotopic (exact) mass is 238 g/mol. The van der Waals surface area contributed by atoms with Gasteiger partial charge in [0.15, 0.2) is 0 Å². The fourth-order valence-electron chi connectivity index (χ4n) is 0.675.